The minimum absolute atomic E-state index is 0.0229. The summed E-state index contributed by atoms with van der Waals surface area (Å²) in [5.74, 6) is 0.570. The van der Waals surface area contributed by atoms with E-state index in [-0.39, 0.29) is 46.9 Å². The number of nitrogens with one attached hydrogen (secondary N) is 1. The van der Waals surface area contributed by atoms with Gasteiger partial charge in [0, 0.05) is 11.8 Å². The Balaban J connectivity index is 1.39. The Morgan fingerprint density at radius 1 is 1.16 bits per heavy atom. The number of alkyl carbamates (subject to hydrolysis) is 1. The molecular formula is C26H41NO5. The van der Waals surface area contributed by atoms with Crippen molar-refractivity contribution in [3.8, 4) is 0 Å². The summed E-state index contributed by atoms with van der Waals surface area (Å²) in [7, 11) is 0. The number of carbonyl (C=O) groups excluding carboxylic acids is 2. The van der Waals surface area contributed by atoms with Crippen molar-refractivity contribution in [2.45, 2.75) is 115 Å². The molecule has 0 aromatic rings. The number of hydrogen-bond donors (Lipinski definition) is 1. The molecule has 4 rings (SSSR count). The molecule has 0 aromatic carbocycles. The number of allylic oxidation sites excluding steroid dienone is 1. The van der Waals surface area contributed by atoms with Gasteiger partial charge in [-0.2, -0.15) is 0 Å². The number of Topliss-reactive ketones (excluding diaryl/α,β-unsaturated/α-hetero) is 1. The first-order valence-electron chi connectivity index (χ1n) is 12.6. The molecule has 4 fully saturated rings. The molecule has 2 aliphatic carbocycles. The van der Waals surface area contributed by atoms with E-state index in [0.717, 1.165) is 51.6 Å². The van der Waals surface area contributed by atoms with Crippen LogP contribution in [0.15, 0.2) is 11.6 Å². The van der Waals surface area contributed by atoms with Crippen molar-refractivity contribution in [2.75, 3.05) is 6.61 Å². The van der Waals surface area contributed by atoms with E-state index in [1.54, 1.807) is 6.92 Å². The summed E-state index contributed by atoms with van der Waals surface area (Å²) in [6.45, 7) is 10.9. The highest BCUT2D eigenvalue weighted by Crippen LogP contribution is 2.60. The van der Waals surface area contributed by atoms with Gasteiger partial charge in [0.25, 0.3) is 0 Å². The minimum Gasteiger partial charge on any atom is -0.446 e. The molecule has 32 heavy (non-hydrogen) atoms. The Hall–Kier alpha value is -1.40. The van der Waals surface area contributed by atoms with Crippen LogP contribution < -0.4 is 5.32 Å². The lowest BCUT2D eigenvalue weighted by atomic mass is 9.64. The van der Waals surface area contributed by atoms with Crippen LogP contribution in [0.1, 0.15) is 86.0 Å². The van der Waals surface area contributed by atoms with E-state index in [2.05, 4.69) is 39.1 Å². The maximum atomic E-state index is 12.8. The van der Waals surface area contributed by atoms with Crippen molar-refractivity contribution in [1.29, 1.82) is 0 Å². The van der Waals surface area contributed by atoms with Gasteiger partial charge in [-0.05, 0) is 65.7 Å². The van der Waals surface area contributed by atoms with Gasteiger partial charge in [0.15, 0.2) is 5.78 Å². The van der Waals surface area contributed by atoms with Crippen LogP contribution in [0.4, 0.5) is 4.79 Å². The van der Waals surface area contributed by atoms with Gasteiger partial charge < -0.3 is 19.5 Å². The van der Waals surface area contributed by atoms with Crippen molar-refractivity contribution < 1.29 is 23.8 Å². The zero-order chi connectivity index (χ0) is 23.1. The third-order valence-electron chi connectivity index (χ3n) is 8.47. The van der Waals surface area contributed by atoms with E-state index < -0.39 is 12.1 Å². The third-order valence-corrected chi connectivity index (χ3v) is 8.47. The monoisotopic (exact) mass is 447 g/mol. The molecule has 7 unspecified atom stereocenters. The molecule has 180 valence electrons. The van der Waals surface area contributed by atoms with Gasteiger partial charge >= 0.3 is 6.09 Å². The Labute approximate surface area is 192 Å². The number of rotatable bonds is 7. The predicted octanol–water partition coefficient (Wildman–Crippen LogP) is 4.95. The molecule has 7 atom stereocenters. The second-order valence-electron chi connectivity index (χ2n) is 11.1. The fourth-order valence-electron chi connectivity index (χ4n) is 6.61. The molecule has 6 heteroatoms. The maximum Gasteiger partial charge on any atom is 0.408 e. The molecule has 0 radical (unpaired) electrons. The second-order valence-corrected chi connectivity index (χ2v) is 11.1. The Morgan fingerprint density at radius 2 is 1.84 bits per heavy atom. The largest absolute Gasteiger partial charge is 0.446 e. The molecular weight excluding hydrogens is 406 g/mol. The van der Waals surface area contributed by atoms with Gasteiger partial charge in [0.05, 0.1) is 30.0 Å². The van der Waals surface area contributed by atoms with Crippen molar-refractivity contribution >= 4 is 11.9 Å². The van der Waals surface area contributed by atoms with E-state index in [9.17, 15) is 9.59 Å². The fraction of sp³-hybridized carbons (Fsp3) is 0.846. The molecule has 2 saturated carbocycles. The highest BCUT2D eigenvalue weighted by atomic mass is 16.6. The van der Waals surface area contributed by atoms with Crippen molar-refractivity contribution in [2.24, 2.45) is 17.8 Å². The van der Waals surface area contributed by atoms with Gasteiger partial charge in [-0.15, -0.1) is 0 Å². The van der Waals surface area contributed by atoms with Crippen molar-refractivity contribution in [1.82, 2.24) is 5.32 Å². The summed E-state index contributed by atoms with van der Waals surface area (Å²) < 4.78 is 18.2. The zero-order valence-corrected chi connectivity index (χ0v) is 20.4. The zero-order valence-electron chi connectivity index (χ0n) is 20.4. The van der Waals surface area contributed by atoms with Gasteiger partial charge in [0.1, 0.15) is 6.10 Å². The van der Waals surface area contributed by atoms with Crippen LogP contribution in [0.25, 0.3) is 0 Å². The van der Waals surface area contributed by atoms with Gasteiger partial charge in [0.2, 0.25) is 0 Å². The summed E-state index contributed by atoms with van der Waals surface area (Å²) in [6, 6.07) is -0.437. The molecule has 4 aliphatic rings. The first kappa shape index (κ1) is 23.7. The van der Waals surface area contributed by atoms with Gasteiger partial charge in [-0.3, -0.25) is 4.79 Å². The Kier molecular flexibility index (Phi) is 6.75. The van der Waals surface area contributed by atoms with Crippen LogP contribution >= 0.6 is 0 Å². The molecule has 2 saturated heterocycles. The van der Waals surface area contributed by atoms with E-state index in [1.165, 1.54) is 12.0 Å². The normalized spacial score (nSPS) is 39.8. The lowest BCUT2D eigenvalue weighted by molar-refractivity contribution is -0.120. The van der Waals surface area contributed by atoms with Crippen LogP contribution in [0.3, 0.4) is 0 Å². The average molecular weight is 448 g/mol. The number of epoxide rings is 2. The molecule has 2 heterocycles. The Bertz CT molecular complexity index is 749. The predicted molar refractivity (Wildman–Crippen MR) is 122 cm³/mol. The highest BCUT2D eigenvalue weighted by molar-refractivity contribution is 5.85. The maximum absolute atomic E-state index is 12.8. The van der Waals surface area contributed by atoms with Crippen LogP contribution in [0.5, 0.6) is 0 Å². The summed E-state index contributed by atoms with van der Waals surface area (Å²) in [4.78, 5) is 25.1. The number of amides is 1. The van der Waals surface area contributed by atoms with E-state index in [4.69, 9.17) is 14.2 Å². The van der Waals surface area contributed by atoms with Crippen LogP contribution in [-0.4, -0.2) is 47.9 Å². The van der Waals surface area contributed by atoms with Crippen molar-refractivity contribution in [3.63, 3.8) is 0 Å². The molecule has 0 aromatic heterocycles. The van der Waals surface area contributed by atoms with Gasteiger partial charge in [-0.1, -0.05) is 37.8 Å². The lowest BCUT2D eigenvalue weighted by Crippen LogP contribution is -2.52. The number of ether oxygens (including phenoxy) is 3. The number of carbonyl (C=O) groups is 2. The standard InChI is InChI=1S/C26H41NO5/c1-16(2)11-12-21-25(5,32-21)23-17(3)20(13-14-26(23)15-30-26)31-24(29)27-22(18(4)28)19-9-7-6-8-10-19/h11,17,19-23H,6-10,12-15H2,1-5H3,(H,27,29). The average Bonchev–Trinajstić information content (AvgIpc) is 3.65. The summed E-state index contributed by atoms with van der Waals surface area (Å²) in [5, 5.41) is 2.92. The molecule has 1 spiro atoms. The smallest absolute Gasteiger partial charge is 0.408 e. The first-order valence-corrected chi connectivity index (χ1v) is 12.6. The Morgan fingerprint density at radius 3 is 2.44 bits per heavy atom. The molecule has 1 N–H and O–H groups in total. The lowest BCUT2D eigenvalue weighted by Gasteiger charge is -2.42. The van der Waals surface area contributed by atoms with Crippen molar-refractivity contribution in [3.05, 3.63) is 11.6 Å². The number of ketones is 1. The molecule has 0 bridgehead atoms. The first-order chi connectivity index (χ1) is 15.2. The van der Waals surface area contributed by atoms with Crippen LogP contribution in [0, 0.1) is 17.8 Å². The van der Waals surface area contributed by atoms with E-state index in [0.29, 0.717) is 0 Å². The number of hydrogen-bond acceptors (Lipinski definition) is 5. The minimum atomic E-state index is -0.456. The molecule has 6 nitrogen and oxygen atoms in total. The second kappa shape index (κ2) is 9.09. The topological polar surface area (TPSA) is 80.5 Å². The highest BCUT2D eigenvalue weighted by Gasteiger charge is 2.70. The fourth-order valence-corrected chi connectivity index (χ4v) is 6.61. The van der Waals surface area contributed by atoms with E-state index >= 15 is 0 Å². The van der Waals surface area contributed by atoms with Gasteiger partial charge in [-0.25, -0.2) is 4.79 Å². The van der Waals surface area contributed by atoms with E-state index in [1.807, 2.05) is 0 Å². The van der Waals surface area contributed by atoms with Crippen LogP contribution in [-0.2, 0) is 19.0 Å². The molecule has 2 aliphatic heterocycles. The summed E-state index contributed by atoms with van der Waals surface area (Å²) in [6.07, 6.45) is 9.80. The summed E-state index contributed by atoms with van der Waals surface area (Å²) >= 11 is 0. The summed E-state index contributed by atoms with van der Waals surface area (Å²) in [5.41, 5.74) is 0.923. The van der Waals surface area contributed by atoms with Crippen LogP contribution in [0.2, 0.25) is 0 Å². The SMILES string of the molecule is CC(=O)C(NC(=O)OC1CCC2(CO2)C(C2(C)OC2CC=C(C)C)C1C)C1CCCCC1. The third kappa shape index (κ3) is 4.77. The molecule has 1 amide bonds. The quantitative estimate of drug-likeness (QED) is 0.441.